The molecule has 1 atom stereocenters. The third-order valence-corrected chi connectivity index (χ3v) is 8.59. The van der Waals surface area contributed by atoms with Crippen molar-refractivity contribution in [3.63, 3.8) is 0 Å². The second kappa shape index (κ2) is 11.2. The Balaban J connectivity index is 1.84. The lowest BCUT2D eigenvalue weighted by molar-refractivity contribution is 0.102. The van der Waals surface area contributed by atoms with Crippen LogP contribution in [0.25, 0.3) is 0 Å². The summed E-state index contributed by atoms with van der Waals surface area (Å²) in [5, 5.41) is 2.84. The Morgan fingerprint density at radius 1 is 1.22 bits per heavy atom. The molecular weight excluding hydrogens is 448 g/mol. The Bertz CT molecular complexity index is 1030. The summed E-state index contributed by atoms with van der Waals surface area (Å²) in [4.78, 5) is 14.1. The van der Waals surface area contributed by atoms with E-state index in [-0.39, 0.29) is 16.9 Å². The first-order valence-corrected chi connectivity index (χ1v) is 13.2. The maximum atomic E-state index is 13.1. The summed E-state index contributed by atoms with van der Waals surface area (Å²) in [5.74, 6) is 0.850. The van der Waals surface area contributed by atoms with Crippen molar-refractivity contribution in [3.05, 3.63) is 48.0 Å². The number of carbonyl (C=O) groups excluding carboxylic acids is 1. The van der Waals surface area contributed by atoms with Crippen LogP contribution in [0.2, 0.25) is 0 Å². The molecule has 0 aromatic heterocycles. The molecule has 3 rings (SSSR count). The van der Waals surface area contributed by atoms with E-state index in [0.29, 0.717) is 30.1 Å². The fraction of sp³-hybridized carbons (Fsp3) is 0.435. The van der Waals surface area contributed by atoms with Crippen molar-refractivity contribution < 1.29 is 22.7 Å². The molecule has 0 saturated carbocycles. The molecule has 2 aromatic carbocycles. The number of methoxy groups -OCH3 is 1. The van der Waals surface area contributed by atoms with Gasteiger partial charge in [-0.3, -0.25) is 4.79 Å². The first kappa shape index (κ1) is 24.6. The summed E-state index contributed by atoms with van der Waals surface area (Å²) in [5.41, 5.74) is 0.833. The first-order chi connectivity index (χ1) is 15.4. The number of carbonyl (C=O) groups is 1. The largest absolute Gasteiger partial charge is 0.495 e. The molecule has 0 aliphatic carbocycles. The molecule has 1 aliphatic rings. The number of amides is 1. The zero-order chi connectivity index (χ0) is 23.1. The number of benzene rings is 2. The van der Waals surface area contributed by atoms with Gasteiger partial charge in [-0.2, -0.15) is 4.31 Å². The van der Waals surface area contributed by atoms with E-state index in [1.54, 1.807) is 37.7 Å². The van der Waals surface area contributed by atoms with Gasteiger partial charge < -0.3 is 14.8 Å². The molecule has 9 heteroatoms. The Morgan fingerprint density at radius 3 is 2.62 bits per heavy atom. The third-order valence-electron chi connectivity index (χ3n) is 5.34. The lowest BCUT2D eigenvalue weighted by Crippen LogP contribution is -2.30. The number of hydrogen-bond donors (Lipinski definition) is 1. The second-order valence-corrected chi connectivity index (χ2v) is 10.3. The zero-order valence-electron chi connectivity index (χ0n) is 18.7. The van der Waals surface area contributed by atoms with Crippen LogP contribution < -0.4 is 10.1 Å². The number of ether oxygens (including phenoxy) is 2. The maximum Gasteiger partial charge on any atom is 0.256 e. The lowest BCUT2D eigenvalue weighted by Gasteiger charge is -2.20. The Labute approximate surface area is 194 Å². The average Bonchev–Trinajstić information content (AvgIpc) is 3.32. The summed E-state index contributed by atoms with van der Waals surface area (Å²) in [6.45, 7) is 5.10. The zero-order valence-corrected chi connectivity index (χ0v) is 20.3. The van der Waals surface area contributed by atoms with Crippen molar-refractivity contribution in [2.75, 3.05) is 37.9 Å². The highest BCUT2D eigenvalue weighted by atomic mass is 32.2. The van der Waals surface area contributed by atoms with E-state index in [2.05, 4.69) is 5.32 Å². The van der Waals surface area contributed by atoms with E-state index in [0.717, 1.165) is 30.1 Å². The predicted molar refractivity (Wildman–Crippen MR) is 127 cm³/mol. The summed E-state index contributed by atoms with van der Waals surface area (Å²) in [6.07, 6.45) is 2.31. The van der Waals surface area contributed by atoms with Crippen LogP contribution in [0.4, 0.5) is 5.69 Å². The van der Waals surface area contributed by atoms with Gasteiger partial charge in [0.05, 0.1) is 29.4 Å². The molecule has 0 spiro atoms. The molecule has 7 nitrogen and oxygen atoms in total. The topological polar surface area (TPSA) is 84.9 Å². The molecule has 1 fully saturated rings. The van der Waals surface area contributed by atoms with Gasteiger partial charge in [-0.05, 0) is 43.2 Å². The van der Waals surface area contributed by atoms with Gasteiger partial charge >= 0.3 is 0 Å². The second-order valence-electron chi connectivity index (χ2n) is 7.35. The normalized spacial score (nSPS) is 16.3. The smallest absolute Gasteiger partial charge is 0.256 e. The van der Waals surface area contributed by atoms with Crippen LogP contribution in [-0.4, -0.2) is 57.3 Å². The predicted octanol–water partition coefficient (Wildman–Crippen LogP) is 4.25. The summed E-state index contributed by atoms with van der Waals surface area (Å²) in [6, 6.07) is 11.9. The molecule has 1 amide bonds. The Morgan fingerprint density at radius 2 is 1.97 bits per heavy atom. The minimum atomic E-state index is -3.67. The third kappa shape index (κ3) is 5.64. The Kier molecular flexibility index (Phi) is 8.58. The maximum absolute atomic E-state index is 13.1. The van der Waals surface area contributed by atoms with Gasteiger partial charge in [-0.25, -0.2) is 8.42 Å². The van der Waals surface area contributed by atoms with Crippen molar-refractivity contribution in [1.82, 2.24) is 4.31 Å². The molecule has 32 heavy (non-hydrogen) atoms. The minimum absolute atomic E-state index is 0.110. The molecule has 1 heterocycles. The molecule has 0 bridgehead atoms. The van der Waals surface area contributed by atoms with Gasteiger partial charge in [0.2, 0.25) is 10.0 Å². The van der Waals surface area contributed by atoms with Gasteiger partial charge in [0, 0.05) is 30.3 Å². The molecule has 1 saturated heterocycles. The Hall–Kier alpha value is -2.07. The van der Waals surface area contributed by atoms with E-state index in [1.165, 1.54) is 23.5 Å². The highest BCUT2D eigenvalue weighted by Gasteiger charge is 2.24. The quantitative estimate of drug-likeness (QED) is 0.514. The number of nitrogens with one attached hydrogen (secondary N) is 1. The molecule has 174 valence electrons. The van der Waals surface area contributed by atoms with Crippen LogP contribution in [-0.2, 0) is 14.8 Å². The standard InChI is InChI=1S/C23H30N2O5S2/c1-4-25(5-2)32(27,28)18-12-13-21(29-3)20(15-18)24-23(26)19-10-6-7-11-22(19)31-16-17-9-8-14-30-17/h6-7,10-13,15,17H,4-5,8-9,14,16H2,1-3H3,(H,24,26). The molecule has 2 aromatic rings. The van der Waals surface area contributed by atoms with Gasteiger partial charge in [0.25, 0.3) is 5.91 Å². The molecule has 1 N–H and O–H groups in total. The van der Waals surface area contributed by atoms with Gasteiger partial charge in [0.1, 0.15) is 5.75 Å². The fourth-order valence-electron chi connectivity index (χ4n) is 3.59. The van der Waals surface area contributed by atoms with Gasteiger partial charge in [0.15, 0.2) is 0 Å². The lowest BCUT2D eigenvalue weighted by atomic mass is 10.2. The molecule has 1 unspecified atom stereocenters. The van der Waals surface area contributed by atoms with E-state index < -0.39 is 10.0 Å². The van der Waals surface area contributed by atoms with Crippen LogP contribution >= 0.6 is 11.8 Å². The average molecular weight is 479 g/mol. The number of hydrogen-bond acceptors (Lipinski definition) is 6. The molecule has 0 radical (unpaired) electrons. The molecule has 1 aliphatic heterocycles. The van der Waals surface area contributed by atoms with Crippen molar-refractivity contribution in [1.29, 1.82) is 0 Å². The fourth-order valence-corrected chi connectivity index (χ4v) is 6.19. The molecular formula is C23H30N2O5S2. The highest BCUT2D eigenvalue weighted by molar-refractivity contribution is 7.99. The van der Waals surface area contributed by atoms with Crippen LogP contribution in [0.1, 0.15) is 37.0 Å². The number of anilines is 1. The van der Waals surface area contributed by atoms with Gasteiger partial charge in [-0.15, -0.1) is 11.8 Å². The first-order valence-electron chi connectivity index (χ1n) is 10.7. The monoisotopic (exact) mass is 478 g/mol. The highest BCUT2D eigenvalue weighted by Crippen LogP contribution is 2.31. The van der Waals surface area contributed by atoms with Gasteiger partial charge in [-0.1, -0.05) is 26.0 Å². The number of nitrogens with zero attached hydrogens (tertiary/aromatic N) is 1. The van der Waals surface area contributed by atoms with Crippen molar-refractivity contribution in [2.24, 2.45) is 0 Å². The summed E-state index contributed by atoms with van der Waals surface area (Å²) < 4.78 is 38.3. The van der Waals surface area contributed by atoms with Crippen LogP contribution in [0.3, 0.4) is 0 Å². The summed E-state index contributed by atoms with van der Waals surface area (Å²) in [7, 11) is -2.19. The van der Waals surface area contributed by atoms with E-state index in [9.17, 15) is 13.2 Å². The van der Waals surface area contributed by atoms with E-state index in [4.69, 9.17) is 9.47 Å². The number of rotatable bonds is 10. The van der Waals surface area contributed by atoms with Crippen molar-refractivity contribution >= 4 is 33.4 Å². The van der Waals surface area contributed by atoms with Crippen LogP contribution in [0, 0.1) is 0 Å². The van der Waals surface area contributed by atoms with Crippen molar-refractivity contribution in [2.45, 2.75) is 42.6 Å². The van der Waals surface area contributed by atoms with Crippen LogP contribution in [0.5, 0.6) is 5.75 Å². The van der Waals surface area contributed by atoms with E-state index in [1.807, 2.05) is 18.2 Å². The van der Waals surface area contributed by atoms with E-state index >= 15 is 0 Å². The number of sulfonamides is 1. The summed E-state index contributed by atoms with van der Waals surface area (Å²) >= 11 is 1.59. The number of thioether (sulfide) groups is 1. The minimum Gasteiger partial charge on any atom is -0.495 e. The van der Waals surface area contributed by atoms with Crippen LogP contribution in [0.15, 0.2) is 52.3 Å². The SMILES string of the molecule is CCN(CC)S(=O)(=O)c1ccc(OC)c(NC(=O)c2ccccc2SCC2CCCO2)c1. The van der Waals surface area contributed by atoms with Crippen molar-refractivity contribution in [3.8, 4) is 5.75 Å².